The SMILES string of the molecule is Cc1ccc(NC(=O)C(C)C)cc1NC(=O)N(C)Cc1cccc(C#N)c1. The predicted octanol–water partition coefficient (Wildman–Crippen LogP) is 4.13. The molecule has 0 aliphatic rings. The summed E-state index contributed by atoms with van der Waals surface area (Å²) in [5.74, 6) is -0.203. The van der Waals surface area contributed by atoms with Gasteiger partial charge in [-0.05, 0) is 42.3 Å². The van der Waals surface area contributed by atoms with Crippen LogP contribution in [0.3, 0.4) is 0 Å². The van der Waals surface area contributed by atoms with Crippen molar-refractivity contribution in [3.63, 3.8) is 0 Å². The average Bonchev–Trinajstić information content (AvgIpc) is 2.64. The maximum atomic E-state index is 12.5. The summed E-state index contributed by atoms with van der Waals surface area (Å²) in [6.45, 7) is 5.91. The highest BCUT2D eigenvalue weighted by atomic mass is 16.2. The Labute approximate surface area is 159 Å². The maximum absolute atomic E-state index is 12.5. The molecule has 2 aromatic rings. The van der Waals surface area contributed by atoms with Gasteiger partial charge in [0.1, 0.15) is 0 Å². The second-order valence-corrected chi connectivity index (χ2v) is 6.77. The summed E-state index contributed by atoms with van der Waals surface area (Å²) in [6, 6.07) is 14.4. The van der Waals surface area contributed by atoms with Gasteiger partial charge in [-0.25, -0.2) is 4.79 Å². The largest absolute Gasteiger partial charge is 0.326 e. The summed E-state index contributed by atoms with van der Waals surface area (Å²) in [6.07, 6.45) is 0. The van der Waals surface area contributed by atoms with Gasteiger partial charge in [0.2, 0.25) is 5.91 Å². The number of amides is 3. The van der Waals surface area contributed by atoms with E-state index in [0.29, 0.717) is 23.5 Å². The van der Waals surface area contributed by atoms with Gasteiger partial charge in [0.25, 0.3) is 0 Å². The lowest BCUT2D eigenvalue weighted by Gasteiger charge is -2.19. The van der Waals surface area contributed by atoms with Crippen LogP contribution in [0.15, 0.2) is 42.5 Å². The molecule has 0 radical (unpaired) electrons. The molecule has 0 unspecified atom stereocenters. The van der Waals surface area contributed by atoms with E-state index in [1.165, 1.54) is 4.90 Å². The van der Waals surface area contributed by atoms with E-state index < -0.39 is 0 Å². The Morgan fingerprint density at radius 3 is 2.56 bits per heavy atom. The lowest BCUT2D eigenvalue weighted by molar-refractivity contribution is -0.118. The van der Waals surface area contributed by atoms with Crippen molar-refractivity contribution in [1.29, 1.82) is 5.26 Å². The quantitative estimate of drug-likeness (QED) is 0.837. The van der Waals surface area contributed by atoms with E-state index in [4.69, 9.17) is 5.26 Å². The van der Waals surface area contributed by atoms with Crippen molar-refractivity contribution >= 4 is 23.3 Å². The number of hydrogen-bond acceptors (Lipinski definition) is 3. The number of nitriles is 1. The first-order chi connectivity index (χ1) is 12.8. The van der Waals surface area contributed by atoms with Crippen molar-refractivity contribution in [3.05, 3.63) is 59.2 Å². The Kier molecular flexibility index (Phi) is 6.56. The fourth-order valence-corrected chi connectivity index (χ4v) is 2.42. The van der Waals surface area contributed by atoms with E-state index in [9.17, 15) is 9.59 Å². The molecular weight excluding hydrogens is 340 g/mol. The summed E-state index contributed by atoms with van der Waals surface area (Å²) in [7, 11) is 1.69. The highest BCUT2D eigenvalue weighted by Gasteiger charge is 2.13. The highest BCUT2D eigenvalue weighted by Crippen LogP contribution is 2.21. The summed E-state index contributed by atoms with van der Waals surface area (Å²) in [4.78, 5) is 25.9. The number of nitrogens with zero attached hydrogens (tertiary/aromatic N) is 2. The molecule has 27 heavy (non-hydrogen) atoms. The number of benzene rings is 2. The van der Waals surface area contributed by atoms with Crippen LogP contribution in [0.4, 0.5) is 16.2 Å². The minimum atomic E-state index is -0.271. The molecule has 0 aliphatic heterocycles. The van der Waals surface area contributed by atoms with E-state index in [0.717, 1.165) is 11.1 Å². The topological polar surface area (TPSA) is 85.2 Å². The molecule has 6 nitrogen and oxygen atoms in total. The van der Waals surface area contributed by atoms with E-state index in [2.05, 4.69) is 16.7 Å². The van der Waals surface area contributed by atoms with Crippen LogP contribution in [-0.4, -0.2) is 23.9 Å². The molecule has 0 saturated carbocycles. The third-order valence-corrected chi connectivity index (χ3v) is 4.09. The Morgan fingerprint density at radius 2 is 1.89 bits per heavy atom. The monoisotopic (exact) mass is 364 g/mol. The lowest BCUT2D eigenvalue weighted by Crippen LogP contribution is -2.31. The molecule has 0 atom stereocenters. The van der Waals surface area contributed by atoms with Gasteiger partial charge in [-0.2, -0.15) is 5.26 Å². The fourth-order valence-electron chi connectivity index (χ4n) is 2.42. The minimum Gasteiger partial charge on any atom is -0.326 e. The molecule has 0 aliphatic carbocycles. The predicted molar refractivity (Wildman–Crippen MR) is 106 cm³/mol. The van der Waals surface area contributed by atoms with Crippen LogP contribution >= 0.6 is 0 Å². The first kappa shape index (κ1) is 20.0. The Bertz CT molecular complexity index is 884. The van der Waals surface area contributed by atoms with Crippen molar-refractivity contribution < 1.29 is 9.59 Å². The second kappa shape index (κ2) is 8.86. The number of nitrogens with one attached hydrogen (secondary N) is 2. The summed E-state index contributed by atoms with van der Waals surface area (Å²) in [5.41, 5.74) is 3.61. The number of hydrogen-bond donors (Lipinski definition) is 2. The number of anilines is 2. The van der Waals surface area contributed by atoms with E-state index in [-0.39, 0.29) is 17.9 Å². The van der Waals surface area contributed by atoms with Gasteiger partial charge in [-0.1, -0.05) is 32.0 Å². The van der Waals surface area contributed by atoms with Crippen molar-refractivity contribution in [1.82, 2.24) is 4.90 Å². The third kappa shape index (κ3) is 5.58. The van der Waals surface area contributed by atoms with E-state index in [1.54, 1.807) is 31.3 Å². The Balaban J connectivity index is 2.07. The molecule has 0 aromatic heterocycles. The molecule has 140 valence electrons. The van der Waals surface area contributed by atoms with Gasteiger partial charge in [0.15, 0.2) is 0 Å². The molecule has 2 aromatic carbocycles. The number of carbonyl (C=O) groups excluding carboxylic acids is 2. The summed E-state index contributed by atoms with van der Waals surface area (Å²) < 4.78 is 0. The molecule has 0 bridgehead atoms. The standard InChI is InChI=1S/C21H24N4O2/c1-14(2)20(26)23-18-9-8-15(3)19(11-18)24-21(27)25(4)13-17-7-5-6-16(10-17)12-22/h5-11,14H,13H2,1-4H3,(H,23,26)(H,24,27). The fraction of sp³-hybridized carbons (Fsp3) is 0.286. The summed E-state index contributed by atoms with van der Waals surface area (Å²) in [5, 5.41) is 14.7. The number of aryl methyl sites for hydroxylation is 1. The molecule has 0 fully saturated rings. The summed E-state index contributed by atoms with van der Waals surface area (Å²) >= 11 is 0. The van der Waals surface area contributed by atoms with Crippen LogP contribution in [0.25, 0.3) is 0 Å². The molecule has 2 N–H and O–H groups in total. The van der Waals surface area contributed by atoms with Crippen LogP contribution < -0.4 is 10.6 Å². The number of carbonyl (C=O) groups is 2. The van der Waals surface area contributed by atoms with Crippen molar-refractivity contribution in [2.75, 3.05) is 17.7 Å². The minimum absolute atomic E-state index is 0.0781. The van der Waals surface area contributed by atoms with Gasteiger partial charge in [-0.3, -0.25) is 4.79 Å². The maximum Gasteiger partial charge on any atom is 0.321 e. The van der Waals surface area contributed by atoms with Gasteiger partial charge in [0.05, 0.1) is 11.6 Å². The van der Waals surface area contributed by atoms with Gasteiger partial charge in [-0.15, -0.1) is 0 Å². The van der Waals surface area contributed by atoms with Crippen molar-refractivity contribution in [2.24, 2.45) is 5.92 Å². The normalized spacial score (nSPS) is 10.2. The lowest BCUT2D eigenvalue weighted by atomic mass is 10.1. The number of rotatable bonds is 5. The average molecular weight is 364 g/mol. The first-order valence-corrected chi connectivity index (χ1v) is 8.73. The van der Waals surface area contributed by atoms with Gasteiger partial charge >= 0.3 is 6.03 Å². The third-order valence-electron chi connectivity index (χ3n) is 4.09. The van der Waals surface area contributed by atoms with Crippen LogP contribution in [0.2, 0.25) is 0 Å². The molecule has 3 amide bonds. The van der Waals surface area contributed by atoms with E-state index in [1.807, 2.05) is 39.0 Å². The highest BCUT2D eigenvalue weighted by molar-refractivity contribution is 5.94. The molecular formula is C21H24N4O2. The van der Waals surface area contributed by atoms with Crippen molar-refractivity contribution in [3.8, 4) is 6.07 Å². The molecule has 2 rings (SSSR count). The molecule has 0 spiro atoms. The zero-order chi connectivity index (χ0) is 20.0. The van der Waals surface area contributed by atoms with Gasteiger partial charge in [0, 0.05) is 30.9 Å². The molecule has 0 saturated heterocycles. The van der Waals surface area contributed by atoms with Crippen LogP contribution in [-0.2, 0) is 11.3 Å². The second-order valence-electron chi connectivity index (χ2n) is 6.77. The molecule has 0 heterocycles. The zero-order valence-corrected chi connectivity index (χ0v) is 16.0. The van der Waals surface area contributed by atoms with Crippen LogP contribution in [0.5, 0.6) is 0 Å². The van der Waals surface area contributed by atoms with Crippen LogP contribution in [0.1, 0.15) is 30.5 Å². The smallest absolute Gasteiger partial charge is 0.321 e. The van der Waals surface area contributed by atoms with Crippen molar-refractivity contribution in [2.45, 2.75) is 27.3 Å². The molecule has 6 heteroatoms. The zero-order valence-electron chi connectivity index (χ0n) is 16.0. The Morgan fingerprint density at radius 1 is 1.15 bits per heavy atom. The van der Waals surface area contributed by atoms with Crippen LogP contribution in [0, 0.1) is 24.2 Å². The van der Waals surface area contributed by atoms with E-state index >= 15 is 0 Å². The first-order valence-electron chi connectivity index (χ1n) is 8.73. The Hall–Kier alpha value is -3.33. The van der Waals surface area contributed by atoms with Gasteiger partial charge < -0.3 is 15.5 Å². The number of urea groups is 1.